The maximum Gasteiger partial charge on any atom is 0.251 e. The third-order valence-corrected chi connectivity index (χ3v) is 2.99. The lowest BCUT2D eigenvalue weighted by atomic mass is 10.1. The Morgan fingerprint density at radius 2 is 2.00 bits per heavy atom. The van der Waals surface area contributed by atoms with Crippen LogP contribution in [-0.4, -0.2) is 38.4 Å². The maximum absolute atomic E-state index is 12.2. The Morgan fingerprint density at radius 3 is 2.59 bits per heavy atom. The maximum atomic E-state index is 12.2. The molecule has 1 rings (SSSR count). The lowest BCUT2D eigenvalue weighted by molar-refractivity contribution is 0.0641. The lowest BCUT2D eigenvalue weighted by Crippen LogP contribution is -2.35. The molecule has 1 N–H and O–H groups in total. The van der Waals surface area contributed by atoms with E-state index in [2.05, 4.69) is 5.32 Å². The quantitative estimate of drug-likeness (QED) is 0.762. The van der Waals surface area contributed by atoms with Gasteiger partial charge in [0.05, 0.1) is 25.9 Å². The number of amides is 1. The average molecular weight is 309 g/mol. The molecule has 0 aliphatic carbocycles. The van der Waals surface area contributed by atoms with E-state index in [1.54, 1.807) is 13.2 Å². The van der Waals surface area contributed by atoms with Crippen molar-refractivity contribution in [2.45, 2.75) is 46.4 Å². The van der Waals surface area contributed by atoms with Crippen molar-refractivity contribution < 1.29 is 19.0 Å². The predicted octanol–water partition coefficient (Wildman–Crippen LogP) is 2.78. The lowest BCUT2D eigenvalue weighted by Gasteiger charge is -2.16. The summed E-state index contributed by atoms with van der Waals surface area (Å²) >= 11 is 0. The van der Waals surface area contributed by atoms with Gasteiger partial charge >= 0.3 is 0 Å². The van der Waals surface area contributed by atoms with Gasteiger partial charge in [0.1, 0.15) is 5.75 Å². The number of carbonyl (C=O) groups excluding carboxylic acids is 1. The summed E-state index contributed by atoms with van der Waals surface area (Å²) in [6, 6.07) is 5.36. The molecule has 22 heavy (non-hydrogen) atoms. The highest BCUT2D eigenvalue weighted by Gasteiger charge is 2.13. The topological polar surface area (TPSA) is 56.8 Å². The van der Waals surface area contributed by atoms with Crippen LogP contribution in [0.5, 0.6) is 5.75 Å². The van der Waals surface area contributed by atoms with E-state index in [9.17, 15) is 4.79 Å². The van der Waals surface area contributed by atoms with E-state index in [0.29, 0.717) is 25.4 Å². The smallest absolute Gasteiger partial charge is 0.251 e. The second-order valence-corrected chi connectivity index (χ2v) is 5.45. The summed E-state index contributed by atoms with van der Waals surface area (Å²) in [6.07, 6.45) is 0.119. The molecule has 5 nitrogen and oxygen atoms in total. The number of rotatable bonds is 9. The first-order valence-electron chi connectivity index (χ1n) is 7.65. The monoisotopic (exact) mass is 309 g/mol. The Kier molecular flexibility index (Phi) is 7.91. The Morgan fingerprint density at radius 1 is 1.27 bits per heavy atom. The minimum Gasteiger partial charge on any atom is -0.494 e. The van der Waals surface area contributed by atoms with E-state index in [-0.39, 0.29) is 18.1 Å². The second kappa shape index (κ2) is 9.43. The summed E-state index contributed by atoms with van der Waals surface area (Å²) in [6.45, 7) is 9.25. The normalized spacial score (nSPS) is 12.3. The van der Waals surface area contributed by atoms with Crippen LogP contribution in [0.25, 0.3) is 0 Å². The summed E-state index contributed by atoms with van der Waals surface area (Å²) in [4.78, 5) is 12.2. The van der Waals surface area contributed by atoms with Crippen LogP contribution in [0.1, 0.15) is 43.6 Å². The third-order valence-electron chi connectivity index (χ3n) is 2.99. The first-order valence-corrected chi connectivity index (χ1v) is 7.65. The molecular formula is C17H27NO4. The van der Waals surface area contributed by atoms with Crippen molar-refractivity contribution in [2.75, 3.05) is 20.3 Å². The van der Waals surface area contributed by atoms with E-state index >= 15 is 0 Å². The Balaban J connectivity index is 2.87. The van der Waals surface area contributed by atoms with Gasteiger partial charge in [0.25, 0.3) is 5.91 Å². The summed E-state index contributed by atoms with van der Waals surface area (Å²) in [5.74, 6) is 0.628. The van der Waals surface area contributed by atoms with Gasteiger partial charge in [-0.05, 0) is 45.9 Å². The second-order valence-electron chi connectivity index (χ2n) is 5.45. The zero-order valence-corrected chi connectivity index (χ0v) is 14.1. The molecule has 0 saturated heterocycles. The molecule has 0 spiro atoms. The van der Waals surface area contributed by atoms with Crippen molar-refractivity contribution in [3.63, 3.8) is 0 Å². The zero-order valence-electron chi connectivity index (χ0n) is 14.1. The van der Waals surface area contributed by atoms with Crippen molar-refractivity contribution in [3.8, 4) is 5.75 Å². The van der Waals surface area contributed by atoms with Gasteiger partial charge in [-0.1, -0.05) is 0 Å². The number of hydrogen-bond acceptors (Lipinski definition) is 4. The molecule has 124 valence electrons. The summed E-state index contributed by atoms with van der Waals surface area (Å²) in [5.41, 5.74) is 1.47. The van der Waals surface area contributed by atoms with E-state index < -0.39 is 0 Å². The average Bonchev–Trinajstić information content (AvgIpc) is 2.46. The van der Waals surface area contributed by atoms with Crippen LogP contribution < -0.4 is 10.1 Å². The minimum atomic E-state index is -0.126. The van der Waals surface area contributed by atoms with Crippen molar-refractivity contribution in [1.29, 1.82) is 0 Å². The van der Waals surface area contributed by atoms with Crippen LogP contribution in [0.15, 0.2) is 18.2 Å². The Bertz CT molecular complexity index is 474. The molecule has 0 bridgehead atoms. The molecule has 1 amide bonds. The molecule has 1 atom stereocenters. The first-order chi connectivity index (χ1) is 10.5. The van der Waals surface area contributed by atoms with Gasteiger partial charge in [0.15, 0.2) is 0 Å². The van der Waals surface area contributed by atoms with E-state index in [1.807, 2.05) is 39.8 Å². The predicted molar refractivity (Wildman–Crippen MR) is 86.3 cm³/mol. The van der Waals surface area contributed by atoms with Gasteiger partial charge < -0.3 is 19.5 Å². The molecule has 0 aliphatic heterocycles. The van der Waals surface area contributed by atoms with Gasteiger partial charge in [-0.15, -0.1) is 0 Å². The van der Waals surface area contributed by atoms with Gasteiger partial charge in [0, 0.05) is 24.3 Å². The molecule has 0 saturated carbocycles. The molecule has 0 fully saturated rings. The van der Waals surface area contributed by atoms with Crippen molar-refractivity contribution in [2.24, 2.45) is 0 Å². The molecule has 0 radical (unpaired) electrons. The molecule has 5 heteroatoms. The van der Waals surface area contributed by atoms with Crippen LogP contribution in [0.2, 0.25) is 0 Å². The van der Waals surface area contributed by atoms with Crippen molar-refractivity contribution in [3.05, 3.63) is 29.3 Å². The minimum absolute atomic E-state index is 0.0422. The van der Waals surface area contributed by atoms with Crippen molar-refractivity contribution >= 4 is 5.91 Å². The molecule has 0 heterocycles. The highest BCUT2D eigenvalue weighted by atomic mass is 16.5. The molecule has 0 unspecified atom stereocenters. The summed E-state index contributed by atoms with van der Waals surface area (Å²) < 4.78 is 16.3. The molecule has 1 aromatic carbocycles. The first kappa shape index (κ1) is 18.5. The van der Waals surface area contributed by atoms with Crippen LogP contribution in [0.4, 0.5) is 0 Å². The van der Waals surface area contributed by atoms with Crippen LogP contribution in [0.3, 0.4) is 0 Å². The van der Waals surface area contributed by atoms with Gasteiger partial charge in [-0.25, -0.2) is 0 Å². The van der Waals surface area contributed by atoms with Gasteiger partial charge in [0.2, 0.25) is 0 Å². The van der Waals surface area contributed by atoms with Gasteiger partial charge in [-0.2, -0.15) is 0 Å². The Labute approximate surface area is 132 Å². The summed E-state index contributed by atoms with van der Waals surface area (Å²) in [7, 11) is 1.61. The number of benzene rings is 1. The number of nitrogens with one attached hydrogen (secondary N) is 1. The highest BCUT2D eigenvalue weighted by Crippen LogP contribution is 2.22. The fraction of sp³-hybridized carbons (Fsp3) is 0.588. The zero-order chi connectivity index (χ0) is 16.5. The fourth-order valence-corrected chi connectivity index (χ4v) is 1.99. The third kappa shape index (κ3) is 6.03. The van der Waals surface area contributed by atoms with Crippen LogP contribution >= 0.6 is 0 Å². The van der Waals surface area contributed by atoms with Crippen molar-refractivity contribution in [1.82, 2.24) is 5.32 Å². The van der Waals surface area contributed by atoms with Crippen LogP contribution in [-0.2, 0) is 16.1 Å². The number of hydrogen-bond donors (Lipinski definition) is 1. The van der Waals surface area contributed by atoms with E-state index in [1.165, 1.54) is 0 Å². The highest BCUT2D eigenvalue weighted by molar-refractivity contribution is 5.94. The number of carbonyl (C=O) groups is 1. The van der Waals surface area contributed by atoms with E-state index in [0.717, 1.165) is 11.3 Å². The molecule has 1 aromatic rings. The molecule has 0 aliphatic rings. The van der Waals surface area contributed by atoms with E-state index in [4.69, 9.17) is 14.2 Å². The van der Waals surface area contributed by atoms with Gasteiger partial charge in [-0.3, -0.25) is 4.79 Å². The number of methoxy groups -OCH3 is 1. The standard InChI is InChI=1S/C17H27NO4/c1-6-21-16-8-7-14(9-15(16)11-22-12(2)3)17(19)18-13(4)10-20-5/h7-9,12-13H,6,10-11H2,1-5H3,(H,18,19)/t13-/m1/s1. The van der Waals surface area contributed by atoms with Crippen LogP contribution in [0, 0.1) is 0 Å². The Hall–Kier alpha value is -1.59. The number of ether oxygens (including phenoxy) is 3. The molecule has 0 aromatic heterocycles. The molecular weight excluding hydrogens is 282 g/mol. The summed E-state index contributed by atoms with van der Waals surface area (Å²) in [5, 5.41) is 2.90. The largest absolute Gasteiger partial charge is 0.494 e. The SMILES string of the molecule is CCOc1ccc(C(=O)N[C@H](C)COC)cc1COC(C)C. The fourth-order valence-electron chi connectivity index (χ4n) is 1.99.